The predicted molar refractivity (Wildman–Crippen MR) is 41.3 cm³/mol. The number of rotatable bonds is 3. The minimum atomic E-state index is -0.942. The topological polar surface area (TPSA) is 37.3 Å². The summed E-state index contributed by atoms with van der Waals surface area (Å²) in [5, 5.41) is 8.18. The summed E-state index contributed by atoms with van der Waals surface area (Å²) in [7, 11) is 0. The monoisotopic (exact) mass is 160 g/mol. The van der Waals surface area contributed by atoms with Gasteiger partial charge in [-0.15, -0.1) is 11.6 Å². The fourth-order valence-corrected chi connectivity index (χ4v) is 0.636. The summed E-state index contributed by atoms with van der Waals surface area (Å²) in [4.78, 5) is 9.96. The Labute approximate surface area is 64.8 Å². The quantitative estimate of drug-likeness (QED) is 0.389. The number of carboxylic acid groups (broad SMARTS) is 1. The summed E-state index contributed by atoms with van der Waals surface area (Å²) in [6, 6.07) is 0. The molecule has 0 aromatic rings. The molecule has 0 radical (unpaired) electrons. The molecule has 2 nitrogen and oxygen atoms in total. The zero-order valence-corrected chi connectivity index (χ0v) is 6.43. The van der Waals surface area contributed by atoms with Crippen LogP contribution in [-0.2, 0) is 4.79 Å². The summed E-state index contributed by atoms with van der Waals surface area (Å²) < 4.78 is 0. The number of hydrogen-bond acceptors (Lipinski definition) is 1. The standard InChI is InChI=1S/C7H9ClO2/c1-6(4-5-8)2-3-7(9)10/h2-4H,5H2,1H3,(H,9,10). The average Bonchev–Trinajstić information content (AvgIpc) is 1.85. The number of carboxylic acids is 1. The number of hydrogen-bond donors (Lipinski definition) is 1. The molecular weight excluding hydrogens is 152 g/mol. The maximum atomic E-state index is 9.96. The van der Waals surface area contributed by atoms with Gasteiger partial charge in [-0.3, -0.25) is 0 Å². The van der Waals surface area contributed by atoms with Crippen LogP contribution in [0.3, 0.4) is 0 Å². The van der Waals surface area contributed by atoms with Gasteiger partial charge in [0.2, 0.25) is 0 Å². The van der Waals surface area contributed by atoms with Crippen molar-refractivity contribution >= 4 is 17.6 Å². The van der Waals surface area contributed by atoms with E-state index in [1.165, 1.54) is 6.08 Å². The normalized spacial score (nSPS) is 12.4. The van der Waals surface area contributed by atoms with Crippen molar-refractivity contribution in [2.75, 3.05) is 5.88 Å². The predicted octanol–water partition coefficient (Wildman–Crippen LogP) is 1.81. The maximum absolute atomic E-state index is 9.96. The number of allylic oxidation sites excluding steroid dienone is 3. The number of carbonyl (C=O) groups is 1. The van der Waals surface area contributed by atoms with Gasteiger partial charge in [0.05, 0.1) is 0 Å². The van der Waals surface area contributed by atoms with E-state index in [0.717, 1.165) is 11.6 Å². The summed E-state index contributed by atoms with van der Waals surface area (Å²) in [6.07, 6.45) is 4.32. The molecule has 0 aliphatic carbocycles. The highest BCUT2D eigenvalue weighted by atomic mass is 35.5. The molecule has 0 aliphatic heterocycles. The van der Waals surface area contributed by atoms with Crippen LogP contribution >= 0.6 is 11.6 Å². The van der Waals surface area contributed by atoms with E-state index in [-0.39, 0.29) is 0 Å². The second kappa shape index (κ2) is 5.06. The van der Waals surface area contributed by atoms with Crippen molar-refractivity contribution < 1.29 is 9.90 Å². The molecule has 0 rings (SSSR count). The molecule has 0 bridgehead atoms. The Hall–Kier alpha value is -0.760. The molecule has 0 aromatic carbocycles. The smallest absolute Gasteiger partial charge is 0.328 e. The molecule has 0 heterocycles. The van der Waals surface area contributed by atoms with Gasteiger partial charge in [0.1, 0.15) is 0 Å². The Morgan fingerprint density at radius 1 is 1.60 bits per heavy atom. The third kappa shape index (κ3) is 5.38. The first-order valence-corrected chi connectivity index (χ1v) is 3.34. The first kappa shape index (κ1) is 9.24. The van der Waals surface area contributed by atoms with Gasteiger partial charge < -0.3 is 5.11 Å². The molecule has 0 atom stereocenters. The Bertz CT molecular complexity index is 170. The third-order valence-electron chi connectivity index (χ3n) is 0.888. The number of halogens is 1. The van der Waals surface area contributed by atoms with Gasteiger partial charge in [0.25, 0.3) is 0 Å². The fourth-order valence-electron chi connectivity index (χ4n) is 0.392. The van der Waals surface area contributed by atoms with Crippen molar-refractivity contribution in [3.63, 3.8) is 0 Å². The molecule has 3 heteroatoms. The van der Waals surface area contributed by atoms with Crippen molar-refractivity contribution in [2.24, 2.45) is 0 Å². The lowest BCUT2D eigenvalue weighted by Crippen LogP contribution is -1.85. The lowest BCUT2D eigenvalue weighted by Gasteiger charge is -1.85. The van der Waals surface area contributed by atoms with Crippen LogP contribution in [0.15, 0.2) is 23.8 Å². The van der Waals surface area contributed by atoms with Crippen molar-refractivity contribution in [1.29, 1.82) is 0 Å². The number of alkyl halides is 1. The SMILES string of the molecule is CC(C=CC(=O)O)=CCCl. The van der Waals surface area contributed by atoms with E-state index in [1.807, 2.05) is 0 Å². The molecular formula is C7H9ClO2. The highest BCUT2D eigenvalue weighted by molar-refractivity contribution is 6.18. The summed E-state index contributed by atoms with van der Waals surface area (Å²) in [5.41, 5.74) is 0.859. The van der Waals surface area contributed by atoms with Crippen LogP contribution in [-0.4, -0.2) is 17.0 Å². The minimum Gasteiger partial charge on any atom is -0.478 e. The van der Waals surface area contributed by atoms with E-state index >= 15 is 0 Å². The van der Waals surface area contributed by atoms with E-state index < -0.39 is 5.97 Å². The second-order valence-corrected chi connectivity index (χ2v) is 2.08. The first-order chi connectivity index (χ1) is 4.66. The molecule has 1 N–H and O–H groups in total. The summed E-state index contributed by atoms with van der Waals surface area (Å²) in [5.74, 6) is -0.530. The van der Waals surface area contributed by atoms with Crippen LogP contribution in [0.2, 0.25) is 0 Å². The Morgan fingerprint density at radius 2 is 2.20 bits per heavy atom. The lowest BCUT2D eigenvalue weighted by atomic mass is 10.3. The zero-order valence-electron chi connectivity index (χ0n) is 5.67. The van der Waals surface area contributed by atoms with E-state index in [2.05, 4.69) is 0 Å². The first-order valence-electron chi connectivity index (χ1n) is 2.80. The van der Waals surface area contributed by atoms with E-state index in [4.69, 9.17) is 16.7 Å². The molecule has 56 valence electrons. The van der Waals surface area contributed by atoms with Crippen LogP contribution in [0, 0.1) is 0 Å². The third-order valence-corrected chi connectivity index (χ3v) is 1.04. The molecule has 10 heavy (non-hydrogen) atoms. The summed E-state index contributed by atoms with van der Waals surface area (Å²) in [6.45, 7) is 1.79. The Morgan fingerprint density at radius 3 is 2.60 bits per heavy atom. The van der Waals surface area contributed by atoms with Gasteiger partial charge in [0, 0.05) is 12.0 Å². The number of aliphatic carboxylic acids is 1. The molecule has 0 amide bonds. The van der Waals surface area contributed by atoms with Gasteiger partial charge >= 0.3 is 5.97 Å². The Balaban J connectivity index is 3.89. The van der Waals surface area contributed by atoms with Gasteiger partial charge in [-0.1, -0.05) is 17.7 Å². The van der Waals surface area contributed by atoms with Crippen molar-refractivity contribution in [3.8, 4) is 0 Å². The van der Waals surface area contributed by atoms with E-state index in [9.17, 15) is 4.79 Å². The average molecular weight is 161 g/mol. The van der Waals surface area contributed by atoms with Crippen LogP contribution in [0.25, 0.3) is 0 Å². The van der Waals surface area contributed by atoms with Gasteiger partial charge in [-0.2, -0.15) is 0 Å². The van der Waals surface area contributed by atoms with Crippen molar-refractivity contribution in [3.05, 3.63) is 23.8 Å². The van der Waals surface area contributed by atoms with Crippen LogP contribution < -0.4 is 0 Å². The van der Waals surface area contributed by atoms with Gasteiger partial charge in [-0.05, 0) is 6.92 Å². The molecule has 0 fully saturated rings. The van der Waals surface area contributed by atoms with Crippen molar-refractivity contribution in [1.82, 2.24) is 0 Å². The zero-order chi connectivity index (χ0) is 7.98. The van der Waals surface area contributed by atoms with E-state index in [0.29, 0.717) is 5.88 Å². The molecule has 0 aromatic heterocycles. The van der Waals surface area contributed by atoms with Crippen molar-refractivity contribution in [2.45, 2.75) is 6.92 Å². The molecule has 0 spiro atoms. The van der Waals surface area contributed by atoms with Crippen LogP contribution in [0.4, 0.5) is 0 Å². The maximum Gasteiger partial charge on any atom is 0.328 e. The van der Waals surface area contributed by atoms with Crippen LogP contribution in [0.1, 0.15) is 6.92 Å². The highest BCUT2D eigenvalue weighted by Crippen LogP contribution is 1.94. The molecule has 0 aliphatic rings. The molecule has 0 saturated heterocycles. The summed E-state index contributed by atoms with van der Waals surface area (Å²) >= 11 is 5.35. The molecule has 0 unspecified atom stereocenters. The van der Waals surface area contributed by atoms with Crippen LogP contribution in [0.5, 0.6) is 0 Å². The molecule has 0 saturated carbocycles. The Kier molecular flexibility index (Phi) is 4.67. The highest BCUT2D eigenvalue weighted by Gasteiger charge is 1.84. The lowest BCUT2D eigenvalue weighted by molar-refractivity contribution is -0.131. The fraction of sp³-hybridized carbons (Fsp3) is 0.286. The van der Waals surface area contributed by atoms with Gasteiger partial charge in [0.15, 0.2) is 0 Å². The largest absolute Gasteiger partial charge is 0.478 e. The van der Waals surface area contributed by atoms with Gasteiger partial charge in [-0.25, -0.2) is 4.79 Å². The second-order valence-electron chi connectivity index (χ2n) is 1.77. The van der Waals surface area contributed by atoms with E-state index in [1.54, 1.807) is 13.0 Å². The minimum absolute atomic E-state index is 0.412.